The van der Waals surface area contributed by atoms with Crippen LogP contribution in [0.25, 0.3) is 10.2 Å². The first-order valence-electron chi connectivity index (χ1n) is 10.6. The number of nitrogens with one attached hydrogen (secondary N) is 1. The average molecular weight is 429 g/mol. The number of fused-ring (bicyclic) bond motifs is 3. The van der Waals surface area contributed by atoms with Crippen molar-refractivity contribution in [3.8, 4) is 0 Å². The second-order valence-corrected chi connectivity index (χ2v) is 9.06. The van der Waals surface area contributed by atoms with Crippen molar-refractivity contribution < 1.29 is 4.39 Å². The highest BCUT2D eigenvalue weighted by atomic mass is 32.1. The van der Waals surface area contributed by atoms with E-state index in [4.69, 9.17) is 4.98 Å². The van der Waals surface area contributed by atoms with Crippen molar-refractivity contribution in [2.24, 2.45) is 0 Å². The summed E-state index contributed by atoms with van der Waals surface area (Å²) in [6.45, 7) is 5.35. The standard InChI is InChI=1S/C21H25FN6OS/c1-2-14-18(22)19(24-12-23-14)28-9-7-27(8-10-28)11-16-25-20(29)17-13-5-3-4-6-15(13)30-21(17)26-16/h12H,2-11H2,1H3,(H,25,26,29). The third-order valence-electron chi connectivity index (χ3n) is 6.10. The first-order chi connectivity index (χ1) is 14.6. The van der Waals surface area contributed by atoms with Gasteiger partial charge in [-0.2, -0.15) is 0 Å². The lowest BCUT2D eigenvalue weighted by Gasteiger charge is -2.35. The van der Waals surface area contributed by atoms with Gasteiger partial charge in [-0.1, -0.05) is 6.92 Å². The van der Waals surface area contributed by atoms with E-state index in [1.54, 1.807) is 11.3 Å². The Labute approximate surface area is 178 Å². The third kappa shape index (κ3) is 3.50. The molecule has 2 aliphatic rings. The molecule has 1 N–H and O–H groups in total. The Morgan fingerprint density at radius 2 is 1.97 bits per heavy atom. The number of nitrogens with zero attached hydrogens (tertiary/aromatic N) is 5. The molecule has 5 rings (SSSR count). The fourth-order valence-electron chi connectivity index (χ4n) is 4.48. The van der Waals surface area contributed by atoms with Crippen LogP contribution in [0.3, 0.4) is 0 Å². The van der Waals surface area contributed by atoms with Crippen LogP contribution in [0, 0.1) is 5.82 Å². The molecule has 1 aliphatic carbocycles. The smallest absolute Gasteiger partial charge is 0.259 e. The van der Waals surface area contributed by atoms with Crippen LogP contribution in [-0.4, -0.2) is 51.0 Å². The van der Waals surface area contributed by atoms with Gasteiger partial charge in [0.15, 0.2) is 11.6 Å². The van der Waals surface area contributed by atoms with Crippen LogP contribution in [0.15, 0.2) is 11.1 Å². The number of rotatable bonds is 4. The molecule has 0 unspecified atom stereocenters. The number of aromatic amines is 1. The molecule has 0 atom stereocenters. The van der Waals surface area contributed by atoms with Gasteiger partial charge in [-0.05, 0) is 37.7 Å². The number of halogens is 1. The second kappa shape index (κ2) is 8.03. The highest BCUT2D eigenvalue weighted by molar-refractivity contribution is 7.18. The molecule has 1 saturated heterocycles. The molecule has 0 amide bonds. The molecule has 0 bridgehead atoms. The topological polar surface area (TPSA) is 78.0 Å². The predicted octanol–water partition coefficient (Wildman–Crippen LogP) is 2.68. The van der Waals surface area contributed by atoms with Crippen molar-refractivity contribution in [2.45, 2.75) is 45.6 Å². The Hall–Kier alpha value is -2.39. The number of aryl methyl sites for hydroxylation is 3. The van der Waals surface area contributed by atoms with Crippen LogP contribution in [0.1, 0.15) is 41.7 Å². The van der Waals surface area contributed by atoms with E-state index in [-0.39, 0.29) is 11.4 Å². The molecule has 9 heteroatoms. The van der Waals surface area contributed by atoms with E-state index < -0.39 is 0 Å². The van der Waals surface area contributed by atoms with E-state index in [0.717, 1.165) is 42.6 Å². The number of piperazine rings is 1. The zero-order valence-electron chi connectivity index (χ0n) is 17.1. The van der Waals surface area contributed by atoms with Crippen molar-refractivity contribution in [1.29, 1.82) is 0 Å². The highest BCUT2D eigenvalue weighted by Crippen LogP contribution is 2.33. The maximum atomic E-state index is 14.6. The lowest BCUT2D eigenvalue weighted by atomic mass is 9.97. The Kier molecular flexibility index (Phi) is 5.24. The molecule has 1 fully saturated rings. The third-order valence-corrected chi connectivity index (χ3v) is 7.28. The van der Waals surface area contributed by atoms with Gasteiger partial charge >= 0.3 is 0 Å². The van der Waals surface area contributed by atoms with Crippen molar-refractivity contribution in [3.63, 3.8) is 0 Å². The van der Waals surface area contributed by atoms with Gasteiger partial charge in [-0.15, -0.1) is 11.3 Å². The van der Waals surface area contributed by atoms with Crippen molar-refractivity contribution in [3.05, 3.63) is 44.5 Å². The molecule has 4 heterocycles. The van der Waals surface area contributed by atoms with Crippen molar-refractivity contribution in [1.82, 2.24) is 24.8 Å². The summed E-state index contributed by atoms with van der Waals surface area (Å²) < 4.78 is 14.6. The molecular formula is C21H25FN6OS. The predicted molar refractivity (Wildman–Crippen MR) is 116 cm³/mol. The van der Waals surface area contributed by atoms with E-state index in [1.165, 1.54) is 23.2 Å². The van der Waals surface area contributed by atoms with E-state index in [2.05, 4.69) is 19.9 Å². The Bertz CT molecular complexity index is 1130. The molecule has 3 aromatic heterocycles. The SMILES string of the molecule is CCc1ncnc(N2CCN(Cc3nc4sc5c(c4c(=O)[nH]3)CCCC5)CC2)c1F. The summed E-state index contributed by atoms with van der Waals surface area (Å²) >= 11 is 1.68. The Balaban J connectivity index is 1.30. The molecule has 0 saturated carbocycles. The van der Waals surface area contributed by atoms with Gasteiger partial charge in [-0.25, -0.2) is 19.3 Å². The fourth-order valence-corrected chi connectivity index (χ4v) is 5.76. The number of H-pyrrole nitrogens is 1. The zero-order chi connectivity index (χ0) is 20.7. The lowest BCUT2D eigenvalue weighted by molar-refractivity contribution is 0.243. The summed E-state index contributed by atoms with van der Waals surface area (Å²) in [6, 6.07) is 0. The first-order valence-corrected chi connectivity index (χ1v) is 11.5. The largest absolute Gasteiger partial charge is 0.352 e. The van der Waals surface area contributed by atoms with Gasteiger partial charge < -0.3 is 9.88 Å². The van der Waals surface area contributed by atoms with Crippen LogP contribution in [0.5, 0.6) is 0 Å². The van der Waals surface area contributed by atoms with E-state index in [9.17, 15) is 9.18 Å². The quantitative estimate of drug-likeness (QED) is 0.688. The van der Waals surface area contributed by atoms with Gasteiger partial charge in [0.2, 0.25) is 0 Å². The van der Waals surface area contributed by atoms with Crippen LogP contribution in [-0.2, 0) is 25.8 Å². The number of aromatic nitrogens is 4. The van der Waals surface area contributed by atoms with Gasteiger partial charge in [0, 0.05) is 31.1 Å². The molecule has 0 aromatic carbocycles. The molecule has 0 radical (unpaired) electrons. The maximum Gasteiger partial charge on any atom is 0.259 e. The Morgan fingerprint density at radius 1 is 1.17 bits per heavy atom. The minimum atomic E-state index is -0.313. The van der Waals surface area contributed by atoms with Crippen molar-refractivity contribution in [2.75, 3.05) is 31.1 Å². The van der Waals surface area contributed by atoms with Gasteiger partial charge in [0.05, 0.1) is 17.6 Å². The highest BCUT2D eigenvalue weighted by Gasteiger charge is 2.24. The molecular weight excluding hydrogens is 403 g/mol. The minimum absolute atomic E-state index is 0.0109. The van der Waals surface area contributed by atoms with Crippen LogP contribution in [0.2, 0.25) is 0 Å². The molecule has 0 spiro atoms. The van der Waals surface area contributed by atoms with Crippen LogP contribution < -0.4 is 10.5 Å². The lowest BCUT2D eigenvalue weighted by Crippen LogP contribution is -2.47. The fraction of sp³-hybridized carbons (Fsp3) is 0.524. The molecule has 1 aliphatic heterocycles. The summed E-state index contributed by atoms with van der Waals surface area (Å²) in [5.41, 5.74) is 1.66. The molecule has 158 valence electrons. The van der Waals surface area contributed by atoms with E-state index >= 15 is 0 Å². The number of hydrogen-bond donors (Lipinski definition) is 1. The van der Waals surface area contributed by atoms with E-state index in [1.807, 2.05) is 11.8 Å². The summed E-state index contributed by atoms with van der Waals surface area (Å²) in [4.78, 5) is 35.1. The van der Waals surface area contributed by atoms with Gasteiger partial charge in [0.1, 0.15) is 17.0 Å². The minimum Gasteiger partial charge on any atom is -0.352 e. The van der Waals surface area contributed by atoms with Crippen LogP contribution in [0.4, 0.5) is 10.2 Å². The van der Waals surface area contributed by atoms with Crippen molar-refractivity contribution >= 4 is 27.4 Å². The monoisotopic (exact) mass is 428 g/mol. The normalized spacial score (nSPS) is 17.5. The van der Waals surface area contributed by atoms with Gasteiger partial charge in [-0.3, -0.25) is 9.69 Å². The summed E-state index contributed by atoms with van der Waals surface area (Å²) in [5.74, 6) is 0.784. The number of anilines is 1. The molecule has 3 aromatic rings. The maximum absolute atomic E-state index is 14.6. The van der Waals surface area contributed by atoms with Crippen LogP contribution >= 0.6 is 11.3 Å². The first kappa shape index (κ1) is 19.6. The number of thiophene rings is 1. The van der Waals surface area contributed by atoms with Gasteiger partial charge in [0.25, 0.3) is 5.56 Å². The Morgan fingerprint density at radius 3 is 2.77 bits per heavy atom. The zero-order valence-corrected chi connectivity index (χ0v) is 17.9. The molecule has 7 nitrogen and oxygen atoms in total. The summed E-state index contributed by atoms with van der Waals surface area (Å²) in [6.07, 6.45) is 6.38. The summed E-state index contributed by atoms with van der Waals surface area (Å²) in [5, 5.41) is 0.800. The van der Waals surface area contributed by atoms with E-state index in [0.29, 0.717) is 43.4 Å². The number of hydrogen-bond acceptors (Lipinski definition) is 7. The second-order valence-electron chi connectivity index (χ2n) is 7.98. The average Bonchev–Trinajstić information content (AvgIpc) is 3.13. The molecule has 30 heavy (non-hydrogen) atoms. The summed E-state index contributed by atoms with van der Waals surface area (Å²) in [7, 11) is 0.